The number of rotatable bonds is 5. The maximum atomic E-state index is 11.2. The van der Waals surface area contributed by atoms with E-state index in [4.69, 9.17) is 0 Å². The molecule has 0 aliphatic heterocycles. The number of hydrogen-bond donors (Lipinski definition) is 2. The van der Waals surface area contributed by atoms with E-state index in [0.717, 1.165) is 10.7 Å². The SMILES string of the molecule is O=C(O)C(CNc1nccs1)c1ccccc1. The Labute approximate surface area is 103 Å². The van der Waals surface area contributed by atoms with Gasteiger partial charge in [-0.25, -0.2) is 4.98 Å². The summed E-state index contributed by atoms with van der Waals surface area (Å²) in [6.07, 6.45) is 1.69. The molecular formula is C12H12N2O2S. The van der Waals surface area contributed by atoms with Gasteiger partial charge in [-0.15, -0.1) is 11.3 Å². The van der Waals surface area contributed by atoms with E-state index in [0.29, 0.717) is 6.54 Å². The molecule has 1 atom stereocenters. The predicted octanol–water partition coefficient (Wildman–Crippen LogP) is 2.42. The van der Waals surface area contributed by atoms with Crippen LogP contribution in [0.2, 0.25) is 0 Å². The Bertz CT molecular complexity index is 471. The van der Waals surface area contributed by atoms with E-state index >= 15 is 0 Å². The van der Waals surface area contributed by atoms with Gasteiger partial charge in [0.25, 0.3) is 0 Å². The van der Waals surface area contributed by atoms with Crippen LogP contribution in [-0.2, 0) is 4.79 Å². The third-order valence-electron chi connectivity index (χ3n) is 2.39. The lowest BCUT2D eigenvalue weighted by molar-refractivity contribution is -0.138. The van der Waals surface area contributed by atoms with Gasteiger partial charge < -0.3 is 10.4 Å². The highest BCUT2D eigenvalue weighted by Crippen LogP contribution is 2.18. The largest absolute Gasteiger partial charge is 0.481 e. The minimum Gasteiger partial charge on any atom is -0.481 e. The van der Waals surface area contributed by atoms with E-state index in [9.17, 15) is 9.90 Å². The van der Waals surface area contributed by atoms with Crippen LogP contribution < -0.4 is 5.32 Å². The van der Waals surface area contributed by atoms with Gasteiger partial charge in [-0.05, 0) is 5.56 Å². The van der Waals surface area contributed by atoms with Crippen molar-refractivity contribution in [3.63, 3.8) is 0 Å². The highest BCUT2D eigenvalue weighted by Gasteiger charge is 2.19. The summed E-state index contributed by atoms with van der Waals surface area (Å²) in [5.41, 5.74) is 0.795. The summed E-state index contributed by atoms with van der Waals surface area (Å²) in [5, 5.41) is 14.8. The molecule has 1 aromatic carbocycles. The normalized spacial score (nSPS) is 12.0. The molecule has 1 heterocycles. The highest BCUT2D eigenvalue weighted by atomic mass is 32.1. The summed E-state index contributed by atoms with van der Waals surface area (Å²) in [7, 11) is 0. The molecule has 17 heavy (non-hydrogen) atoms. The van der Waals surface area contributed by atoms with E-state index in [1.54, 1.807) is 6.20 Å². The van der Waals surface area contributed by atoms with E-state index in [1.165, 1.54) is 11.3 Å². The Hall–Kier alpha value is -1.88. The van der Waals surface area contributed by atoms with Crippen LogP contribution in [0.5, 0.6) is 0 Å². The minimum atomic E-state index is -0.833. The van der Waals surface area contributed by atoms with Crippen molar-refractivity contribution in [2.45, 2.75) is 5.92 Å². The van der Waals surface area contributed by atoms with Crippen LogP contribution in [0.4, 0.5) is 5.13 Å². The molecule has 4 nitrogen and oxygen atoms in total. The summed E-state index contributed by atoms with van der Waals surface area (Å²) >= 11 is 1.46. The smallest absolute Gasteiger partial charge is 0.312 e. The van der Waals surface area contributed by atoms with Crippen LogP contribution in [0.25, 0.3) is 0 Å². The number of hydrogen-bond acceptors (Lipinski definition) is 4. The van der Waals surface area contributed by atoms with Crippen molar-refractivity contribution in [3.05, 3.63) is 47.5 Å². The number of aliphatic carboxylic acids is 1. The Morgan fingerprint density at radius 2 is 2.18 bits per heavy atom. The van der Waals surface area contributed by atoms with Crippen LogP contribution in [0.15, 0.2) is 41.9 Å². The number of benzene rings is 1. The number of carboxylic acid groups (broad SMARTS) is 1. The zero-order valence-electron chi connectivity index (χ0n) is 9.04. The van der Waals surface area contributed by atoms with Gasteiger partial charge in [-0.3, -0.25) is 4.79 Å². The fourth-order valence-electron chi connectivity index (χ4n) is 1.53. The van der Waals surface area contributed by atoms with Crippen molar-refractivity contribution in [3.8, 4) is 0 Å². The molecule has 1 aromatic heterocycles. The van der Waals surface area contributed by atoms with Crippen molar-refractivity contribution in [2.75, 3.05) is 11.9 Å². The van der Waals surface area contributed by atoms with Crippen molar-refractivity contribution < 1.29 is 9.90 Å². The number of aromatic nitrogens is 1. The Balaban J connectivity index is 2.06. The van der Waals surface area contributed by atoms with Crippen LogP contribution in [0, 0.1) is 0 Å². The molecule has 0 spiro atoms. The molecule has 0 aliphatic rings. The Morgan fingerprint density at radius 3 is 2.76 bits per heavy atom. The first-order chi connectivity index (χ1) is 8.27. The van der Waals surface area contributed by atoms with Crippen LogP contribution in [-0.4, -0.2) is 22.6 Å². The molecule has 0 amide bonds. The fraction of sp³-hybridized carbons (Fsp3) is 0.167. The molecule has 2 aromatic rings. The first-order valence-electron chi connectivity index (χ1n) is 5.18. The zero-order chi connectivity index (χ0) is 12.1. The molecule has 2 rings (SSSR count). The lowest BCUT2D eigenvalue weighted by Crippen LogP contribution is -2.20. The third kappa shape index (κ3) is 3.04. The van der Waals surface area contributed by atoms with Gasteiger partial charge in [-0.2, -0.15) is 0 Å². The summed E-state index contributed by atoms with van der Waals surface area (Å²) in [6.45, 7) is 0.340. The average molecular weight is 248 g/mol. The number of nitrogens with one attached hydrogen (secondary N) is 1. The summed E-state index contributed by atoms with van der Waals surface area (Å²) in [5.74, 6) is -1.39. The monoisotopic (exact) mass is 248 g/mol. The van der Waals surface area contributed by atoms with Crippen LogP contribution in [0.3, 0.4) is 0 Å². The van der Waals surface area contributed by atoms with Crippen molar-refractivity contribution >= 4 is 22.4 Å². The van der Waals surface area contributed by atoms with Crippen molar-refractivity contribution in [1.82, 2.24) is 4.98 Å². The number of carboxylic acids is 1. The van der Waals surface area contributed by atoms with Crippen LogP contribution >= 0.6 is 11.3 Å². The van der Waals surface area contributed by atoms with Gasteiger partial charge in [0.05, 0.1) is 5.92 Å². The highest BCUT2D eigenvalue weighted by molar-refractivity contribution is 7.13. The average Bonchev–Trinajstić information content (AvgIpc) is 2.83. The van der Waals surface area contributed by atoms with Gasteiger partial charge in [0.1, 0.15) is 0 Å². The van der Waals surface area contributed by atoms with Gasteiger partial charge in [0.2, 0.25) is 0 Å². The molecule has 0 aliphatic carbocycles. The Morgan fingerprint density at radius 1 is 1.41 bits per heavy atom. The maximum Gasteiger partial charge on any atom is 0.312 e. The summed E-state index contributed by atoms with van der Waals surface area (Å²) < 4.78 is 0. The second-order valence-electron chi connectivity index (χ2n) is 3.52. The molecule has 5 heteroatoms. The van der Waals surface area contributed by atoms with Gasteiger partial charge >= 0.3 is 5.97 Å². The molecule has 2 N–H and O–H groups in total. The topological polar surface area (TPSA) is 62.2 Å². The predicted molar refractivity (Wildman–Crippen MR) is 67.4 cm³/mol. The lowest BCUT2D eigenvalue weighted by atomic mass is 9.99. The molecule has 88 valence electrons. The molecule has 1 unspecified atom stereocenters. The molecule has 0 bridgehead atoms. The Kier molecular flexibility index (Phi) is 3.72. The first-order valence-corrected chi connectivity index (χ1v) is 6.06. The molecule has 0 fully saturated rings. The summed E-state index contributed by atoms with van der Waals surface area (Å²) in [6, 6.07) is 9.20. The molecular weight excluding hydrogens is 236 g/mol. The van der Waals surface area contributed by atoms with Gasteiger partial charge in [-0.1, -0.05) is 30.3 Å². The number of thiazole rings is 1. The molecule has 0 saturated heterocycles. The second-order valence-corrected chi connectivity index (χ2v) is 4.41. The minimum absolute atomic E-state index is 0.340. The zero-order valence-corrected chi connectivity index (χ0v) is 9.85. The number of anilines is 1. The van der Waals surface area contributed by atoms with E-state index in [2.05, 4.69) is 10.3 Å². The first kappa shape index (κ1) is 11.6. The maximum absolute atomic E-state index is 11.2. The van der Waals surface area contributed by atoms with E-state index in [1.807, 2.05) is 35.7 Å². The second kappa shape index (κ2) is 5.45. The van der Waals surface area contributed by atoms with Crippen molar-refractivity contribution in [1.29, 1.82) is 0 Å². The summed E-state index contributed by atoms with van der Waals surface area (Å²) in [4.78, 5) is 15.3. The van der Waals surface area contributed by atoms with Crippen LogP contribution in [0.1, 0.15) is 11.5 Å². The van der Waals surface area contributed by atoms with E-state index < -0.39 is 11.9 Å². The molecule has 0 saturated carbocycles. The third-order valence-corrected chi connectivity index (χ3v) is 3.12. The quantitative estimate of drug-likeness (QED) is 0.853. The molecule has 0 radical (unpaired) electrons. The lowest BCUT2D eigenvalue weighted by Gasteiger charge is -2.12. The number of carbonyl (C=O) groups is 1. The van der Waals surface area contributed by atoms with Gasteiger partial charge in [0.15, 0.2) is 5.13 Å². The van der Waals surface area contributed by atoms with Gasteiger partial charge in [0, 0.05) is 18.1 Å². The fourth-order valence-corrected chi connectivity index (χ4v) is 2.07. The van der Waals surface area contributed by atoms with Crippen molar-refractivity contribution in [2.24, 2.45) is 0 Å². The standard InChI is InChI=1S/C12H12N2O2S/c15-11(16)10(9-4-2-1-3-5-9)8-14-12-13-6-7-17-12/h1-7,10H,8H2,(H,13,14)(H,15,16). The van der Waals surface area contributed by atoms with E-state index in [-0.39, 0.29) is 0 Å². The number of nitrogens with zero attached hydrogens (tertiary/aromatic N) is 1.